The Labute approximate surface area is 196 Å². The third-order valence-electron chi connectivity index (χ3n) is 6.47. The van der Waals surface area contributed by atoms with Crippen molar-refractivity contribution in [3.8, 4) is 0 Å². The predicted octanol–water partition coefficient (Wildman–Crippen LogP) is 5.86. The van der Waals surface area contributed by atoms with E-state index in [0.717, 1.165) is 49.3 Å². The van der Waals surface area contributed by atoms with Crippen LogP contribution in [0.5, 0.6) is 0 Å². The van der Waals surface area contributed by atoms with E-state index in [9.17, 15) is 9.18 Å². The van der Waals surface area contributed by atoms with Gasteiger partial charge in [-0.15, -0.1) is 0 Å². The number of carbonyl (C=O) groups excluding carboxylic acids is 1. The largest absolute Gasteiger partial charge is 0.324 e. The fourth-order valence-corrected chi connectivity index (χ4v) is 4.43. The van der Waals surface area contributed by atoms with E-state index in [1.807, 2.05) is 54.4 Å². The summed E-state index contributed by atoms with van der Waals surface area (Å²) in [5, 5.41) is 0. The van der Waals surface area contributed by atoms with E-state index in [2.05, 4.69) is 36.1 Å². The minimum Gasteiger partial charge on any atom is -0.317 e. The van der Waals surface area contributed by atoms with Crippen molar-refractivity contribution in [1.82, 2.24) is 9.80 Å². The Morgan fingerprint density at radius 1 is 0.909 bits per heavy atom. The smallest absolute Gasteiger partial charge is 0.317 e. The van der Waals surface area contributed by atoms with Gasteiger partial charge in [0.2, 0.25) is 0 Å². The molecule has 2 amide bonds. The van der Waals surface area contributed by atoms with Crippen molar-refractivity contribution in [2.75, 3.05) is 25.0 Å². The number of rotatable bonds is 6. The lowest BCUT2D eigenvalue weighted by atomic mass is 10.0. The first-order valence-corrected chi connectivity index (χ1v) is 11.6. The highest BCUT2D eigenvalue weighted by molar-refractivity contribution is 5.91. The van der Waals surface area contributed by atoms with Gasteiger partial charge in [0.15, 0.2) is 0 Å². The molecule has 5 heteroatoms. The van der Waals surface area contributed by atoms with Gasteiger partial charge in [-0.25, -0.2) is 9.18 Å². The summed E-state index contributed by atoms with van der Waals surface area (Å²) >= 11 is 0. The lowest BCUT2D eigenvalue weighted by molar-refractivity contribution is 0.117. The summed E-state index contributed by atoms with van der Waals surface area (Å²) in [5.41, 5.74) is 4.37. The van der Waals surface area contributed by atoms with Crippen LogP contribution in [0, 0.1) is 12.7 Å². The molecule has 0 aromatic heterocycles. The van der Waals surface area contributed by atoms with Crippen molar-refractivity contribution < 1.29 is 9.18 Å². The number of amides is 2. The summed E-state index contributed by atoms with van der Waals surface area (Å²) in [6, 6.07) is 25.2. The van der Waals surface area contributed by atoms with Crippen LogP contribution < -0.4 is 4.90 Å². The molecule has 0 atom stereocenters. The Balaban J connectivity index is 1.46. The fraction of sp³-hybridized carbons (Fsp3) is 0.321. The molecular formula is C28H32FN3O. The van der Waals surface area contributed by atoms with Gasteiger partial charge in [0, 0.05) is 45.0 Å². The summed E-state index contributed by atoms with van der Waals surface area (Å²) in [5.74, 6) is -0.203. The number of halogens is 1. The Bertz CT molecular complexity index is 1030. The summed E-state index contributed by atoms with van der Waals surface area (Å²) in [6.45, 7) is 5.30. The van der Waals surface area contributed by atoms with E-state index >= 15 is 0 Å². The van der Waals surface area contributed by atoms with Gasteiger partial charge in [-0.1, -0.05) is 60.2 Å². The molecule has 0 radical (unpaired) electrons. The number of para-hydroxylation sites is 1. The lowest BCUT2D eigenvalue weighted by Crippen LogP contribution is -2.50. The van der Waals surface area contributed by atoms with Gasteiger partial charge in [0.1, 0.15) is 5.82 Å². The minimum atomic E-state index is -0.203. The fourth-order valence-electron chi connectivity index (χ4n) is 4.43. The summed E-state index contributed by atoms with van der Waals surface area (Å²) in [4.78, 5) is 19.8. The second-order valence-corrected chi connectivity index (χ2v) is 8.92. The maximum atomic E-state index is 13.6. The first-order valence-electron chi connectivity index (χ1n) is 11.6. The van der Waals surface area contributed by atoms with Gasteiger partial charge in [0.05, 0.1) is 0 Å². The number of hydrogen-bond donors (Lipinski definition) is 0. The number of piperidine rings is 1. The van der Waals surface area contributed by atoms with E-state index in [-0.39, 0.29) is 17.9 Å². The zero-order valence-electron chi connectivity index (χ0n) is 19.5. The van der Waals surface area contributed by atoms with Crippen LogP contribution >= 0.6 is 0 Å². The third-order valence-corrected chi connectivity index (χ3v) is 6.47. The summed E-state index contributed by atoms with van der Waals surface area (Å²) in [6.07, 6.45) is 1.84. The second-order valence-electron chi connectivity index (χ2n) is 8.92. The SMILES string of the molecule is Cc1ccc(CN(C(=O)N(C)c2ccccc2)C2CCN(Cc3ccc(F)cc3)CC2)cc1. The molecule has 172 valence electrons. The maximum absolute atomic E-state index is 13.6. The van der Waals surface area contributed by atoms with Crippen molar-refractivity contribution in [3.05, 3.63) is 101 Å². The summed E-state index contributed by atoms with van der Waals surface area (Å²) < 4.78 is 13.2. The Hall–Kier alpha value is -3.18. The van der Waals surface area contributed by atoms with Crippen LogP contribution in [0.2, 0.25) is 0 Å². The monoisotopic (exact) mass is 445 g/mol. The highest BCUT2D eigenvalue weighted by Crippen LogP contribution is 2.24. The molecule has 0 N–H and O–H groups in total. The Kier molecular flexibility index (Phi) is 7.40. The summed E-state index contributed by atoms with van der Waals surface area (Å²) in [7, 11) is 1.85. The molecule has 33 heavy (non-hydrogen) atoms. The van der Waals surface area contributed by atoms with Gasteiger partial charge in [-0.05, 0) is 55.2 Å². The zero-order chi connectivity index (χ0) is 23.2. The van der Waals surface area contributed by atoms with Crippen LogP contribution in [0.4, 0.5) is 14.9 Å². The molecule has 4 rings (SSSR count). The molecule has 0 aliphatic carbocycles. The first-order chi connectivity index (χ1) is 16.0. The molecule has 1 fully saturated rings. The highest BCUT2D eigenvalue weighted by Gasteiger charge is 2.30. The van der Waals surface area contributed by atoms with Crippen LogP contribution in [0.15, 0.2) is 78.9 Å². The van der Waals surface area contributed by atoms with Crippen molar-refractivity contribution in [1.29, 1.82) is 0 Å². The maximum Gasteiger partial charge on any atom is 0.324 e. The van der Waals surface area contributed by atoms with E-state index < -0.39 is 0 Å². The molecule has 1 aliphatic heterocycles. The average molecular weight is 446 g/mol. The second kappa shape index (κ2) is 10.6. The van der Waals surface area contributed by atoms with Gasteiger partial charge in [-0.3, -0.25) is 9.80 Å². The van der Waals surface area contributed by atoms with Crippen molar-refractivity contribution in [2.45, 2.75) is 38.9 Å². The topological polar surface area (TPSA) is 26.8 Å². The molecule has 3 aromatic carbocycles. The van der Waals surface area contributed by atoms with Gasteiger partial charge >= 0.3 is 6.03 Å². The van der Waals surface area contributed by atoms with E-state index in [1.54, 1.807) is 4.90 Å². The van der Waals surface area contributed by atoms with Crippen molar-refractivity contribution >= 4 is 11.7 Å². The zero-order valence-corrected chi connectivity index (χ0v) is 19.5. The number of likely N-dealkylation sites (tertiary alicyclic amines) is 1. The van der Waals surface area contributed by atoms with E-state index in [1.165, 1.54) is 17.7 Å². The van der Waals surface area contributed by atoms with E-state index in [4.69, 9.17) is 0 Å². The first kappa shape index (κ1) is 23.0. The third kappa shape index (κ3) is 5.99. The molecule has 0 spiro atoms. The molecule has 0 bridgehead atoms. The number of anilines is 1. The number of aryl methyl sites for hydroxylation is 1. The van der Waals surface area contributed by atoms with E-state index in [0.29, 0.717) is 6.54 Å². The molecular weight excluding hydrogens is 413 g/mol. The number of nitrogens with zero attached hydrogens (tertiary/aromatic N) is 3. The molecule has 3 aromatic rings. The normalized spacial score (nSPS) is 14.8. The van der Waals surface area contributed by atoms with Crippen LogP contribution in [0.1, 0.15) is 29.5 Å². The molecule has 4 nitrogen and oxygen atoms in total. The molecule has 1 heterocycles. The number of hydrogen-bond acceptors (Lipinski definition) is 2. The van der Waals surface area contributed by atoms with Crippen LogP contribution in [-0.2, 0) is 13.1 Å². The van der Waals surface area contributed by atoms with Gasteiger partial charge < -0.3 is 4.90 Å². The number of urea groups is 1. The van der Waals surface area contributed by atoms with Crippen molar-refractivity contribution in [3.63, 3.8) is 0 Å². The van der Waals surface area contributed by atoms with Crippen LogP contribution in [0.25, 0.3) is 0 Å². The quantitative estimate of drug-likeness (QED) is 0.475. The minimum absolute atomic E-state index is 0.0266. The molecule has 1 aliphatic rings. The highest BCUT2D eigenvalue weighted by atomic mass is 19.1. The average Bonchev–Trinajstić information content (AvgIpc) is 2.85. The lowest BCUT2D eigenvalue weighted by Gasteiger charge is -2.40. The standard InChI is InChI=1S/C28H32FN3O/c1-22-8-10-24(11-9-22)21-32(28(33)30(2)26-6-4-3-5-7-26)27-16-18-31(19-17-27)20-23-12-14-25(29)15-13-23/h3-15,27H,16-21H2,1-2H3. The van der Waals surface area contributed by atoms with Crippen LogP contribution in [0.3, 0.4) is 0 Å². The number of carbonyl (C=O) groups is 1. The Morgan fingerprint density at radius 2 is 1.52 bits per heavy atom. The Morgan fingerprint density at radius 3 is 2.15 bits per heavy atom. The molecule has 1 saturated heterocycles. The number of benzene rings is 3. The van der Waals surface area contributed by atoms with Crippen molar-refractivity contribution in [2.24, 2.45) is 0 Å². The van der Waals surface area contributed by atoms with Gasteiger partial charge in [0.25, 0.3) is 0 Å². The molecule has 0 unspecified atom stereocenters. The van der Waals surface area contributed by atoms with Gasteiger partial charge in [-0.2, -0.15) is 0 Å². The molecule has 0 saturated carbocycles. The van der Waals surface area contributed by atoms with Crippen LogP contribution in [-0.4, -0.2) is 42.0 Å². The predicted molar refractivity (Wildman–Crippen MR) is 132 cm³/mol.